The van der Waals surface area contributed by atoms with E-state index in [1.807, 2.05) is 64.9 Å². The van der Waals surface area contributed by atoms with Crippen LogP contribution in [0.1, 0.15) is 25.9 Å². The van der Waals surface area contributed by atoms with Crippen molar-refractivity contribution >= 4 is 54.9 Å². The van der Waals surface area contributed by atoms with E-state index < -0.39 is 10.0 Å². The van der Waals surface area contributed by atoms with E-state index in [1.54, 1.807) is 54.6 Å². The molecule has 9 nitrogen and oxygen atoms in total. The third-order valence-electron chi connectivity index (χ3n) is 9.16. The second kappa shape index (κ2) is 12.8. The van der Waals surface area contributed by atoms with Gasteiger partial charge in [-0.05, 0) is 55.6 Å². The number of likely N-dealkylation sites (N-methyl/N-ethyl adjacent to an activating group) is 1. The molecule has 7 aromatic rings. The van der Waals surface area contributed by atoms with Gasteiger partial charge in [0.15, 0.2) is 5.76 Å². The van der Waals surface area contributed by atoms with Crippen LogP contribution in [0.5, 0.6) is 0 Å². The maximum Gasteiger partial charge on any atom is 0.268 e. The molecule has 1 aliphatic heterocycles. The van der Waals surface area contributed by atoms with Crippen molar-refractivity contribution < 1.29 is 22.4 Å². The van der Waals surface area contributed by atoms with Crippen LogP contribution in [0.15, 0.2) is 124 Å². The van der Waals surface area contributed by atoms with Crippen molar-refractivity contribution in [1.29, 1.82) is 0 Å². The van der Waals surface area contributed by atoms with Crippen LogP contribution in [0.3, 0.4) is 0 Å². The number of para-hydroxylation sites is 1. The number of aromatic nitrogens is 2. The maximum absolute atomic E-state index is 13.9. The summed E-state index contributed by atoms with van der Waals surface area (Å²) in [6.07, 6.45) is 0.0565. The Hall–Kier alpha value is -5.36. The quantitative estimate of drug-likeness (QED) is 0.154. The van der Waals surface area contributed by atoms with Crippen LogP contribution < -0.4 is 0 Å². The molecule has 4 heterocycles. The van der Waals surface area contributed by atoms with Gasteiger partial charge in [0.1, 0.15) is 10.8 Å². The van der Waals surface area contributed by atoms with Crippen molar-refractivity contribution in [3.8, 4) is 22.6 Å². The lowest BCUT2D eigenvalue weighted by atomic mass is 10.1. The average molecular weight is 701 g/mol. The molecule has 0 spiro atoms. The molecule has 1 saturated heterocycles. The standard InChI is InChI=1S/C39H32N4O5S2/c1-41-19-21-42(22-20-41)39(45)27-13-11-26(12-14-27)36-17-18-37(48-36)35(44)24-38-40-32(25-49-38)28-15-16-31-30-9-5-6-10-33(30)43(34(31)23-28)50(46,47)29-7-3-2-4-8-29/h2-18,23,25H,19-22,24H2,1H3. The fraction of sp³-hybridized carbons (Fsp3) is 0.154. The van der Waals surface area contributed by atoms with E-state index in [0.29, 0.717) is 46.1 Å². The summed E-state index contributed by atoms with van der Waals surface area (Å²) in [5, 5.41) is 4.15. The average Bonchev–Trinajstić information content (AvgIpc) is 3.90. The van der Waals surface area contributed by atoms with Gasteiger partial charge in [-0.2, -0.15) is 0 Å². The monoisotopic (exact) mass is 700 g/mol. The largest absolute Gasteiger partial charge is 0.453 e. The number of nitrogens with zero attached hydrogens (tertiary/aromatic N) is 4. The van der Waals surface area contributed by atoms with Crippen molar-refractivity contribution in [2.75, 3.05) is 33.2 Å². The van der Waals surface area contributed by atoms with E-state index in [0.717, 1.165) is 35.0 Å². The fourth-order valence-electron chi connectivity index (χ4n) is 6.41. The van der Waals surface area contributed by atoms with Crippen molar-refractivity contribution in [2.45, 2.75) is 11.3 Å². The van der Waals surface area contributed by atoms with Crippen molar-refractivity contribution in [1.82, 2.24) is 18.8 Å². The lowest BCUT2D eigenvalue weighted by molar-refractivity contribution is 0.0664. The van der Waals surface area contributed by atoms with Gasteiger partial charge < -0.3 is 14.2 Å². The van der Waals surface area contributed by atoms with E-state index >= 15 is 0 Å². The predicted octanol–water partition coefficient (Wildman–Crippen LogP) is 7.23. The predicted molar refractivity (Wildman–Crippen MR) is 195 cm³/mol. The number of hydrogen-bond donors (Lipinski definition) is 0. The molecule has 250 valence electrons. The van der Waals surface area contributed by atoms with E-state index in [1.165, 1.54) is 15.3 Å². The summed E-state index contributed by atoms with van der Waals surface area (Å²) in [7, 11) is -1.84. The van der Waals surface area contributed by atoms with Crippen LogP contribution in [0, 0.1) is 0 Å². The first kappa shape index (κ1) is 31.9. The molecule has 4 aromatic carbocycles. The molecule has 1 aliphatic rings. The second-order valence-electron chi connectivity index (χ2n) is 12.4. The molecular weight excluding hydrogens is 669 g/mol. The van der Waals surface area contributed by atoms with Gasteiger partial charge in [-0.25, -0.2) is 17.4 Å². The Morgan fingerprint density at radius 1 is 0.780 bits per heavy atom. The summed E-state index contributed by atoms with van der Waals surface area (Å²) < 4.78 is 35.2. The molecule has 0 atom stereocenters. The number of thiazole rings is 1. The zero-order valence-corrected chi connectivity index (χ0v) is 28.8. The molecule has 3 aromatic heterocycles. The van der Waals surface area contributed by atoms with Gasteiger partial charge in [0.25, 0.3) is 15.9 Å². The Balaban J connectivity index is 1.01. The maximum atomic E-state index is 13.9. The van der Waals surface area contributed by atoms with Gasteiger partial charge in [-0.1, -0.05) is 60.7 Å². The third-order valence-corrected chi connectivity index (χ3v) is 11.7. The normalized spacial score (nSPS) is 14.1. The van der Waals surface area contributed by atoms with E-state index in [9.17, 15) is 18.0 Å². The smallest absolute Gasteiger partial charge is 0.268 e. The molecule has 8 rings (SSSR count). The number of Topliss-reactive ketones (excluding diaryl/α,β-unsaturated/α-hetero) is 1. The van der Waals surface area contributed by atoms with E-state index in [4.69, 9.17) is 9.40 Å². The number of rotatable bonds is 8. The zero-order chi connectivity index (χ0) is 34.4. The molecule has 11 heteroatoms. The van der Waals surface area contributed by atoms with Crippen LogP contribution in [-0.4, -0.2) is 72.1 Å². The highest BCUT2D eigenvalue weighted by Crippen LogP contribution is 2.35. The number of amides is 1. The SMILES string of the molecule is CN1CCN(C(=O)c2ccc(-c3ccc(C(=O)Cc4nc(-c5ccc6c7ccccc7n(S(=O)(=O)c7ccccc7)c6c5)cs4)o3)cc2)CC1. The molecule has 1 fully saturated rings. The van der Waals surface area contributed by atoms with Crippen molar-refractivity contribution in [2.24, 2.45) is 0 Å². The number of fused-ring (bicyclic) bond motifs is 3. The molecular formula is C39H32N4O5S2. The minimum absolute atomic E-state index is 0.0160. The topological polar surface area (TPSA) is 106 Å². The Morgan fingerprint density at radius 2 is 1.48 bits per heavy atom. The number of carbonyl (C=O) groups is 2. The van der Waals surface area contributed by atoms with Gasteiger partial charge in [-0.15, -0.1) is 11.3 Å². The third kappa shape index (κ3) is 5.83. The number of furan rings is 1. The number of benzene rings is 4. The number of hydrogen-bond acceptors (Lipinski definition) is 8. The Bertz CT molecular complexity index is 2490. The number of piperazine rings is 1. The fourth-order valence-corrected chi connectivity index (χ4v) is 8.76. The van der Waals surface area contributed by atoms with Crippen LogP contribution in [0.25, 0.3) is 44.4 Å². The Kier molecular flexibility index (Phi) is 8.18. The van der Waals surface area contributed by atoms with Gasteiger partial charge in [0.05, 0.1) is 28.0 Å². The van der Waals surface area contributed by atoms with Crippen molar-refractivity contribution in [3.63, 3.8) is 0 Å². The number of carbonyl (C=O) groups excluding carboxylic acids is 2. The molecule has 0 unspecified atom stereocenters. The van der Waals surface area contributed by atoms with Gasteiger partial charge in [0, 0.05) is 59.0 Å². The highest BCUT2D eigenvalue weighted by molar-refractivity contribution is 7.90. The lowest BCUT2D eigenvalue weighted by Crippen LogP contribution is -2.47. The van der Waals surface area contributed by atoms with Crippen LogP contribution in [0.4, 0.5) is 0 Å². The summed E-state index contributed by atoms with van der Waals surface area (Å²) in [6, 6.07) is 32.3. The molecule has 0 bridgehead atoms. The van der Waals surface area contributed by atoms with Gasteiger partial charge >= 0.3 is 0 Å². The number of ketones is 1. The van der Waals surface area contributed by atoms with E-state index in [2.05, 4.69) is 11.9 Å². The first-order chi connectivity index (χ1) is 24.3. The minimum Gasteiger partial charge on any atom is -0.453 e. The van der Waals surface area contributed by atoms with Crippen LogP contribution in [-0.2, 0) is 16.4 Å². The zero-order valence-electron chi connectivity index (χ0n) is 27.2. The first-order valence-electron chi connectivity index (χ1n) is 16.3. The summed E-state index contributed by atoms with van der Waals surface area (Å²) in [5.74, 6) is 0.582. The van der Waals surface area contributed by atoms with Gasteiger partial charge in [-0.3, -0.25) is 9.59 Å². The molecule has 1 amide bonds. The highest BCUT2D eigenvalue weighted by atomic mass is 32.2. The molecule has 0 aliphatic carbocycles. The Morgan fingerprint density at radius 3 is 2.26 bits per heavy atom. The first-order valence-corrected chi connectivity index (χ1v) is 18.6. The lowest BCUT2D eigenvalue weighted by Gasteiger charge is -2.32. The molecule has 50 heavy (non-hydrogen) atoms. The van der Waals surface area contributed by atoms with Crippen LogP contribution >= 0.6 is 11.3 Å². The van der Waals surface area contributed by atoms with Crippen LogP contribution in [0.2, 0.25) is 0 Å². The van der Waals surface area contributed by atoms with Gasteiger partial charge in [0.2, 0.25) is 5.78 Å². The molecule has 0 radical (unpaired) electrons. The summed E-state index contributed by atoms with van der Waals surface area (Å²) >= 11 is 1.37. The summed E-state index contributed by atoms with van der Waals surface area (Å²) in [4.78, 5) is 35.2. The minimum atomic E-state index is -3.89. The molecule has 0 saturated carbocycles. The summed E-state index contributed by atoms with van der Waals surface area (Å²) in [6.45, 7) is 3.14. The Labute approximate surface area is 293 Å². The second-order valence-corrected chi connectivity index (χ2v) is 15.1. The van der Waals surface area contributed by atoms with E-state index in [-0.39, 0.29) is 28.8 Å². The highest BCUT2D eigenvalue weighted by Gasteiger charge is 2.24. The van der Waals surface area contributed by atoms with Crippen molar-refractivity contribution in [3.05, 3.63) is 131 Å². The molecule has 0 N–H and O–H groups in total. The summed E-state index contributed by atoms with van der Waals surface area (Å²) in [5.41, 5.74) is 3.95.